The summed E-state index contributed by atoms with van der Waals surface area (Å²) >= 11 is 3.38. The van der Waals surface area contributed by atoms with Gasteiger partial charge < -0.3 is 15.6 Å². The molecule has 0 unspecified atom stereocenters. The molecule has 0 aliphatic rings. The summed E-state index contributed by atoms with van der Waals surface area (Å²) in [5, 5.41) is 6.31. The van der Waals surface area contributed by atoms with Gasteiger partial charge in [0.05, 0.1) is 0 Å². The summed E-state index contributed by atoms with van der Waals surface area (Å²) in [6, 6.07) is 18.0. The van der Waals surface area contributed by atoms with Crippen molar-refractivity contribution in [1.82, 2.24) is 15.3 Å². The van der Waals surface area contributed by atoms with E-state index in [2.05, 4.69) is 36.5 Å². The standard InChI is InChI=1S/C22H17BrN4O2/c23-16-10-18-19(13-25-21(18)24-12-16)20(28)15-7-4-8-17(9-15)27-22(29)26-11-14-5-2-1-3-6-14/h1-10,12-13H,11H2,(H,24,25)(H2,26,27,29). The van der Waals surface area contributed by atoms with Gasteiger partial charge in [-0.2, -0.15) is 0 Å². The lowest BCUT2D eigenvalue weighted by atomic mass is 10.0. The van der Waals surface area contributed by atoms with E-state index in [1.54, 1.807) is 36.7 Å². The number of fused-ring (bicyclic) bond motifs is 1. The second kappa shape index (κ2) is 8.28. The van der Waals surface area contributed by atoms with Gasteiger partial charge in [0.2, 0.25) is 0 Å². The van der Waals surface area contributed by atoms with Crippen LogP contribution >= 0.6 is 15.9 Å². The molecule has 0 bridgehead atoms. The van der Waals surface area contributed by atoms with Crippen molar-refractivity contribution in [3.05, 3.63) is 94.2 Å². The second-order valence-corrected chi connectivity index (χ2v) is 7.37. The number of carbonyl (C=O) groups is 2. The van der Waals surface area contributed by atoms with Crippen LogP contribution in [0.25, 0.3) is 11.0 Å². The van der Waals surface area contributed by atoms with Crippen molar-refractivity contribution in [2.45, 2.75) is 6.54 Å². The second-order valence-electron chi connectivity index (χ2n) is 6.46. The number of aromatic amines is 1. The molecule has 2 amide bonds. The molecule has 7 heteroatoms. The molecule has 0 fully saturated rings. The van der Waals surface area contributed by atoms with Gasteiger partial charge in [0.15, 0.2) is 5.78 Å². The number of anilines is 1. The number of H-pyrrole nitrogens is 1. The number of aromatic nitrogens is 2. The van der Waals surface area contributed by atoms with Crippen LogP contribution in [0.15, 0.2) is 77.5 Å². The van der Waals surface area contributed by atoms with E-state index in [4.69, 9.17) is 0 Å². The Labute approximate surface area is 175 Å². The zero-order chi connectivity index (χ0) is 20.2. The zero-order valence-corrected chi connectivity index (χ0v) is 16.9. The fraction of sp³-hybridized carbons (Fsp3) is 0.0455. The lowest BCUT2D eigenvalue weighted by Gasteiger charge is -2.09. The topological polar surface area (TPSA) is 86.9 Å². The van der Waals surface area contributed by atoms with Crippen LogP contribution in [-0.4, -0.2) is 21.8 Å². The molecule has 144 valence electrons. The van der Waals surface area contributed by atoms with E-state index in [9.17, 15) is 9.59 Å². The minimum Gasteiger partial charge on any atom is -0.345 e. The van der Waals surface area contributed by atoms with Crippen LogP contribution in [0.4, 0.5) is 10.5 Å². The van der Waals surface area contributed by atoms with Gasteiger partial charge >= 0.3 is 6.03 Å². The van der Waals surface area contributed by atoms with E-state index in [1.807, 2.05) is 36.4 Å². The molecule has 0 saturated carbocycles. The molecule has 0 spiro atoms. The minimum absolute atomic E-state index is 0.149. The maximum Gasteiger partial charge on any atom is 0.319 e. The Balaban J connectivity index is 1.48. The molecule has 0 aliphatic carbocycles. The Morgan fingerprint density at radius 3 is 2.69 bits per heavy atom. The Hall–Kier alpha value is -3.45. The van der Waals surface area contributed by atoms with Crippen LogP contribution in [0.3, 0.4) is 0 Å². The largest absolute Gasteiger partial charge is 0.345 e. The highest BCUT2D eigenvalue weighted by Crippen LogP contribution is 2.24. The lowest BCUT2D eigenvalue weighted by Crippen LogP contribution is -2.28. The van der Waals surface area contributed by atoms with Gasteiger partial charge in [0.1, 0.15) is 5.65 Å². The molecular formula is C22H17BrN4O2. The van der Waals surface area contributed by atoms with Crippen LogP contribution in [0.5, 0.6) is 0 Å². The SMILES string of the molecule is O=C(NCc1ccccc1)Nc1cccc(C(=O)c2c[nH]c3ncc(Br)cc23)c1. The molecule has 4 aromatic rings. The summed E-state index contributed by atoms with van der Waals surface area (Å²) in [7, 11) is 0. The molecule has 4 rings (SSSR count). The van der Waals surface area contributed by atoms with Gasteiger partial charge in [0.25, 0.3) is 0 Å². The Morgan fingerprint density at radius 1 is 1.03 bits per heavy atom. The Morgan fingerprint density at radius 2 is 1.86 bits per heavy atom. The molecule has 0 aliphatic heterocycles. The predicted octanol–water partition coefficient (Wildman–Crippen LogP) is 4.88. The van der Waals surface area contributed by atoms with Crippen LogP contribution in [-0.2, 0) is 6.54 Å². The summed E-state index contributed by atoms with van der Waals surface area (Å²) in [6.45, 7) is 0.419. The molecule has 2 heterocycles. The van der Waals surface area contributed by atoms with E-state index in [1.165, 1.54) is 0 Å². The first-order valence-corrected chi connectivity index (χ1v) is 9.75. The highest BCUT2D eigenvalue weighted by atomic mass is 79.9. The molecule has 0 saturated heterocycles. The van der Waals surface area contributed by atoms with E-state index in [0.29, 0.717) is 29.0 Å². The third kappa shape index (κ3) is 4.35. The number of hydrogen-bond acceptors (Lipinski definition) is 3. The first-order chi connectivity index (χ1) is 14.1. The smallest absolute Gasteiger partial charge is 0.319 e. The van der Waals surface area contributed by atoms with Gasteiger partial charge in [-0.1, -0.05) is 42.5 Å². The van der Waals surface area contributed by atoms with Crippen LogP contribution in [0, 0.1) is 0 Å². The third-order valence-corrected chi connectivity index (χ3v) is 4.85. The minimum atomic E-state index is -0.335. The number of ketones is 1. The molecule has 2 aromatic carbocycles. The first-order valence-electron chi connectivity index (χ1n) is 8.96. The van der Waals surface area contributed by atoms with Gasteiger partial charge in [-0.15, -0.1) is 0 Å². The summed E-state index contributed by atoms with van der Waals surface area (Å²) < 4.78 is 0.796. The number of halogens is 1. The number of amides is 2. The third-order valence-electron chi connectivity index (χ3n) is 4.42. The summed E-state index contributed by atoms with van der Waals surface area (Å²) in [5.41, 5.74) is 3.20. The number of rotatable bonds is 5. The maximum atomic E-state index is 13.0. The van der Waals surface area contributed by atoms with Crippen LogP contribution in [0.1, 0.15) is 21.5 Å². The Bertz CT molecular complexity index is 1190. The van der Waals surface area contributed by atoms with Crippen molar-refractivity contribution in [3.63, 3.8) is 0 Å². The first kappa shape index (κ1) is 18.9. The molecule has 0 atom stereocenters. The highest BCUT2D eigenvalue weighted by molar-refractivity contribution is 9.10. The van der Waals surface area contributed by atoms with E-state index >= 15 is 0 Å². The Kier molecular flexibility index (Phi) is 5.39. The molecule has 29 heavy (non-hydrogen) atoms. The quantitative estimate of drug-likeness (QED) is 0.380. The van der Waals surface area contributed by atoms with Crippen LogP contribution < -0.4 is 10.6 Å². The lowest BCUT2D eigenvalue weighted by molar-refractivity contribution is 0.104. The fourth-order valence-electron chi connectivity index (χ4n) is 3.01. The zero-order valence-electron chi connectivity index (χ0n) is 15.3. The summed E-state index contributed by atoms with van der Waals surface area (Å²) in [4.78, 5) is 32.4. The average molecular weight is 449 g/mol. The van der Waals surface area contributed by atoms with E-state index in [0.717, 1.165) is 15.4 Å². The summed E-state index contributed by atoms with van der Waals surface area (Å²) in [5.74, 6) is -0.149. The summed E-state index contributed by atoms with van der Waals surface area (Å²) in [6.07, 6.45) is 3.32. The van der Waals surface area contributed by atoms with Crippen LogP contribution in [0.2, 0.25) is 0 Å². The number of carbonyl (C=O) groups excluding carboxylic acids is 2. The number of hydrogen-bond donors (Lipinski definition) is 3. The number of benzene rings is 2. The van der Waals surface area contributed by atoms with Crippen molar-refractivity contribution < 1.29 is 9.59 Å². The van der Waals surface area contributed by atoms with Gasteiger partial charge in [-0.05, 0) is 39.7 Å². The van der Waals surface area contributed by atoms with E-state index in [-0.39, 0.29) is 11.8 Å². The molecule has 6 nitrogen and oxygen atoms in total. The molecule has 3 N–H and O–H groups in total. The number of pyridine rings is 1. The number of nitrogens with one attached hydrogen (secondary N) is 3. The van der Waals surface area contributed by atoms with Crippen molar-refractivity contribution in [2.75, 3.05) is 5.32 Å². The average Bonchev–Trinajstić information content (AvgIpc) is 3.15. The molecule has 0 radical (unpaired) electrons. The van der Waals surface area contributed by atoms with Gasteiger partial charge in [-0.25, -0.2) is 9.78 Å². The van der Waals surface area contributed by atoms with Crippen molar-refractivity contribution in [2.24, 2.45) is 0 Å². The normalized spacial score (nSPS) is 10.7. The molecule has 2 aromatic heterocycles. The fourth-order valence-corrected chi connectivity index (χ4v) is 3.34. The number of nitrogens with zero attached hydrogens (tertiary/aromatic N) is 1. The molecular weight excluding hydrogens is 432 g/mol. The van der Waals surface area contributed by atoms with Crippen molar-refractivity contribution in [1.29, 1.82) is 0 Å². The highest BCUT2D eigenvalue weighted by Gasteiger charge is 2.16. The number of urea groups is 1. The van der Waals surface area contributed by atoms with Gasteiger partial charge in [0, 0.05) is 45.6 Å². The monoisotopic (exact) mass is 448 g/mol. The maximum absolute atomic E-state index is 13.0. The van der Waals surface area contributed by atoms with E-state index < -0.39 is 0 Å². The van der Waals surface area contributed by atoms with Crippen molar-refractivity contribution in [3.8, 4) is 0 Å². The van der Waals surface area contributed by atoms with Crippen molar-refractivity contribution >= 4 is 44.5 Å². The predicted molar refractivity (Wildman–Crippen MR) is 116 cm³/mol. The van der Waals surface area contributed by atoms with Gasteiger partial charge in [-0.3, -0.25) is 4.79 Å².